The summed E-state index contributed by atoms with van der Waals surface area (Å²) in [6.45, 7) is 0. The van der Waals surface area contributed by atoms with Crippen molar-refractivity contribution in [1.82, 2.24) is 4.98 Å². The van der Waals surface area contributed by atoms with Crippen molar-refractivity contribution in [3.63, 3.8) is 0 Å². The lowest BCUT2D eigenvalue weighted by atomic mass is 10.3. The summed E-state index contributed by atoms with van der Waals surface area (Å²) in [4.78, 5) is 37.2. The molecule has 2 aromatic rings. The summed E-state index contributed by atoms with van der Waals surface area (Å²) in [5.41, 5.74) is 0.408. The monoisotopic (exact) mass is 286 g/mol. The molecule has 0 bridgehead atoms. The Balaban J connectivity index is 2.02. The number of nitro benzene ring substituents is 1. The lowest BCUT2D eigenvalue weighted by molar-refractivity contribution is -0.384. The van der Waals surface area contributed by atoms with Crippen LogP contribution in [0.4, 0.5) is 17.1 Å². The Labute approximate surface area is 119 Å². The van der Waals surface area contributed by atoms with Crippen LogP contribution in [0.1, 0.15) is 0 Å². The first-order chi connectivity index (χ1) is 10.1. The van der Waals surface area contributed by atoms with Crippen molar-refractivity contribution >= 4 is 28.9 Å². The molecule has 0 atom stereocenters. The number of nitrogens with zero attached hydrogens (tertiary/aromatic N) is 2. The number of nitrogens with one attached hydrogen (secondary N) is 2. The van der Waals surface area contributed by atoms with Gasteiger partial charge in [-0.25, -0.2) is 0 Å². The van der Waals surface area contributed by atoms with Gasteiger partial charge in [0, 0.05) is 35.9 Å². The van der Waals surface area contributed by atoms with Crippen molar-refractivity contribution in [1.29, 1.82) is 0 Å². The lowest BCUT2D eigenvalue weighted by Crippen LogP contribution is -2.29. The van der Waals surface area contributed by atoms with E-state index in [0.717, 1.165) is 6.07 Å². The maximum Gasteiger partial charge on any atom is 0.314 e. The number of carbonyl (C=O) groups excluding carboxylic acids is 2. The van der Waals surface area contributed by atoms with Crippen LogP contribution in [0.3, 0.4) is 0 Å². The molecule has 1 heterocycles. The van der Waals surface area contributed by atoms with E-state index in [9.17, 15) is 19.7 Å². The number of rotatable bonds is 3. The molecule has 2 N–H and O–H groups in total. The van der Waals surface area contributed by atoms with Crippen LogP contribution in [-0.2, 0) is 9.59 Å². The highest BCUT2D eigenvalue weighted by Gasteiger charge is 2.15. The number of anilines is 2. The molecule has 0 saturated heterocycles. The van der Waals surface area contributed by atoms with E-state index in [1.54, 1.807) is 0 Å². The number of carbonyl (C=O) groups is 2. The van der Waals surface area contributed by atoms with Gasteiger partial charge in [0.2, 0.25) is 0 Å². The summed E-state index contributed by atoms with van der Waals surface area (Å²) < 4.78 is 0. The molecule has 0 fully saturated rings. The fraction of sp³-hybridized carbons (Fsp3) is 0. The molecular formula is C13H10N4O4. The molecule has 106 valence electrons. The van der Waals surface area contributed by atoms with E-state index in [1.165, 1.54) is 42.7 Å². The minimum absolute atomic E-state index is 0.166. The van der Waals surface area contributed by atoms with Crippen LogP contribution in [0.2, 0.25) is 0 Å². The summed E-state index contributed by atoms with van der Waals surface area (Å²) in [6.07, 6.45) is 2.93. The van der Waals surface area contributed by atoms with Crippen LogP contribution in [0, 0.1) is 10.1 Å². The van der Waals surface area contributed by atoms with E-state index in [1.807, 2.05) is 0 Å². The molecule has 21 heavy (non-hydrogen) atoms. The van der Waals surface area contributed by atoms with Crippen LogP contribution < -0.4 is 10.6 Å². The molecular weight excluding hydrogens is 276 g/mol. The number of benzene rings is 1. The third kappa shape index (κ3) is 3.83. The van der Waals surface area contributed by atoms with Crippen molar-refractivity contribution in [2.45, 2.75) is 0 Å². The highest BCUT2D eigenvalue weighted by molar-refractivity contribution is 6.43. The zero-order valence-corrected chi connectivity index (χ0v) is 10.6. The Kier molecular flexibility index (Phi) is 4.20. The van der Waals surface area contributed by atoms with Crippen LogP contribution in [0.5, 0.6) is 0 Å². The summed E-state index contributed by atoms with van der Waals surface area (Å²) in [6, 6.07) is 8.36. The van der Waals surface area contributed by atoms with Gasteiger partial charge in [-0.05, 0) is 18.2 Å². The van der Waals surface area contributed by atoms with Crippen molar-refractivity contribution in [2.75, 3.05) is 10.6 Å². The first kappa shape index (κ1) is 14.1. The van der Waals surface area contributed by atoms with Gasteiger partial charge < -0.3 is 10.6 Å². The zero-order valence-electron chi connectivity index (χ0n) is 10.6. The summed E-state index contributed by atoms with van der Waals surface area (Å²) in [5, 5.41) is 15.3. The molecule has 2 amide bonds. The van der Waals surface area contributed by atoms with E-state index < -0.39 is 16.7 Å². The first-order valence-electron chi connectivity index (χ1n) is 5.83. The van der Waals surface area contributed by atoms with Crippen molar-refractivity contribution < 1.29 is 14.5 Å². The topological polar surface area (TPSA) is 114 Å². The molecule has 8 nitrogen and oxygen atoms in total. The molecule has 1 aromatic heterocycles. The van der Waals surface area contributed by atoms with E-state index in [0.29, 0.717) is 5.69 Å². The number of pyridine rings is 1. The number of non-ortho nitro benzene ring substituents is 1. The minimum atomic E-state index is -0.924. The Morgan fingerprint density at radius 1 is 1.00 bits per heavy atom. The Bertz CT molecular complexity index is 688. The fourth-order valence-electron chi connectivity index (χ4n) is 1.51. The Morgan fingerprint density at radius 3 is 2.24 bits per heavy atom. The lowest BCUT2D eigenvalue weighted by Gasteiger charge is -2.06. The molecule has 0 aliphatic heterocycles. The zero-order chi connectivity index (χ0) is 15.2. The van der Waals surface area contributed by atoms with Gasteiger partial charge in [-0.2, -0.15) is 0 Å². The molecule has 0 radical (unpaired) electrons. The van der Waals surface area contributed by atoms with E-state index in [2.05, 4.69) is 15.6 Å². The maximum atomic E-state index is 11.7. The predicted molar refractivity (Wildman–Crippen MR) is 74.6 cm³/mol. The van der Waals surface area contributed by atoms with Gasteiger partial charge in [0.05, 0.1) is 4.92 Å². The van der Waals surface area contributed by atoms with Crippen LogP contribution in [0.15, 0.2) is 48.8 Å². The number of nitro groups is 1. The van der Waals surface area contributed by atoms with Gasteiger partial charge in [-0.3, -0.25) is 24.7 Å². The Morgan fingerprint density at radius 2 is 1.62 bits per heavy atom. The second kappa shape index (κ2) is 6.24. The minimum Gasteiger partial charge on any atom is -0.318 e. The summed E-state index contributed by atoms with van der Waals surface area (Å²) in [7, 11) is 0. The summed E-state index contributed by atoms with van der Waals surface area (Å²) in [5.74, 6) is -1.81. The second-order valence-electron chi connectivity index (χ2n) is 3.95. The van der Waals surface area contributed by atoms with E-state index in [4.69, 9.17) is 0 Å². The first-order valence-corrected chi connectivity index (χ1v) is 5.83. The Hall–Kier alpha value is -3.29. The third-order valence-corrected chi connectivity index (χ3v) is 2.46. The SMILES string of the molecule is O=C(Nc1ccncc1)C(=O)Nc1cccc([N+](=O)[O-])c1. The third-order valence-electron chi connectivity index (χ3n) is 2.46. The molecule has 1 aromatic carbocycles. The smallest absolute Gasteiger partial charge is 0.314 e. The molecule has 2 rings (SSSR count). The number of hydrogen-bond acceptors (Lipinski definition) is 5. The number of aromatic nitrogens is 1. The van der Waals surface area contributed by atoms with Crippen molar-refractivity contribution in [2.24, 2.45) is 0 Å². The van der Waals surface area contributed by atoms with Crippen molar-refractivity contribution in [3.8, 4) is 0 Å². The van der Waals surface area contributed by atoms with Crippen LogP contribution >= 0.6 is 0 Å². The highest BCUT2D eigenvalue weighted by Crippen LogP contribution is 2.17. The predicted octanol–water partition coefficient (Wildman–Crippen LogP) is 1.57. The van der Waals surface area contributed by atoms with Gasteiger partial charge in [-0.15, -0.1) is 0 Å². The molecule has 0 aliphatic carbocycles. The molecule has 0 saturated carbocycles. The molecule has 0 spiro atoms. The quantitative estimate of drug-likeness (QED) is 0.505. The van der Waals surface area contributed by atoms with Crippen LogP contribution in [0.25, 0.3) is 0 Å². The number of hydrogen-bond donors (Lipinski definition) is 2. The second-order valence-corrected chi connectivity index (χ2v) is 3.95. The molecule has 8 heteroatoms. The van der Waals surface area contributed by atoms with Gasteiger partial charge in [0.25, 0.3) is 5.69 Å². The normalized spacial score (nSPS) is 9.71. The standard InChI is InChI=1S/C13H10N4O4/c18-12(15-9-4-6-14-7-5-9)13(19)16-10-2-1-3-11(8-10)17(20)21/h1-8H,(H,16,19)(H,14,15,18). The van der Waals surface area contributed by atoms with Crippen LogP contribution in [-0.4, -0.2) is 21.7 Å². The van der Waals surface area contributed by atoms with Gasteiger partial charge in [0.1, 0.15) is 0 Å². The van der Waals surface area contributed by atoms with Gasteiger partial charge in [0.15, 0.2) is 0 Å². The average molecular weight is 286 g/mol. The average Bonchev–Trinajstić information content (AvgIpc) is 2.48. The highest BCUT2D eigenvalue weighted by atomic mass is 16.6. The maximum absolute atomic E-state index is 11.7. The van der Waals surface area contributed by atoms with E-state index >= 15 is 0 Å². The van der Waals surface area contributed by atoms with Gasteiger partial charge in [-0.1, -0.05) is 6.07 Å². The fourth-order valence-corrected chi connectivity index (χ4v) is 1.51. The van der Waals surface area contributed by atoms with Crippen molar-refractivity contribution in [3.05, 3.63) is 58.9 Å². The largest absolute Gasteiger partial charge is 0.318 e. The van der Waals surface area contributed by atoms with Gasteiger partial charge >= 0.3 is 11.8 Å². The molecule has 0 unspecified atom stereocenters. The van der Waals surface area contributed by atoms with E-state index in [-0.39, 0.29) is 11.4 Å². The molecule has 0 aliphatic rings. The number of amides is 2. The summed E-state index contributed by atoms with van der Waals surface area (Å²) >= 11 is 0.